The van der Waals surface area contributed by atoms with Crippen LogP contribution in [0.2, 0.25) is 0 Å². The molecular weight excluding hydrogens is 474 g/mol. The van der Waals surface area contributed by atoms with Crippen molar-refractivity contribution in [1.82, 2.24) is 24.7 Å². The second kappa shape index (κ2) is 8.77. The molecule has 0 atom stereocenters. The van der Waals surface area contributed by atoms with Crippen molar-refractivity contribution in [2.45, 2.75) is 18.8 Å². The zero-order valence-corrected chi connectivity index (χ0v) is 19.7. The first-order chi connectivity index (χ1) is 17.9. The van der Waals surface area contributed by atoms with E-state index in [1.54, 1.807) is 29.1 Å². The third-order valence-electron chi connectivity index (χ3n) is 6.64. The van der Waals surface area contributed by atoms with Crippen molar-refractivity contribution >= 4 is 34.4 Å². The smallest absolute Gasteiger partial charge is 0.249 e. The summed E-state index contributed by atoms with van der Waals surface area (Å²) < 4.78 is 28.3. The van der Waals surface area contributed by atoms with Gasteiger partial charge in [-0.1, -0.05) is 30.8 Å². The fourth-order valence-electron chi connectivity index (χ4n) is 4.67. The SMILES string of the molecule is C=Cn1c(C(=O)C2CC(F)(F)C2)cc2ccc(-c3nccc(Nc4ccc(-c5cn[nH]c5)cc4)n3)cc21. The van der Waals surface area contributed by atoms with Crippen molar-refractivity contribution in [1.29, 1.82) is 0 Å². The Kier molecular flexibility index (Phi) is 5.40. The van der Waals surface area contributed by atoms with E-state index < -0.39 is 24.7 Å². The molecule has 0 saturated heterocycles. The summed E-state index contributed by atoms with van der Waals surface area (Å²) in [4.78, 5) is 22.0. The molecule has 0 aliphatic heterocycles. The number of benzene rings is 2. The van der Waals surface area contributed by atoms with Gasteiger partial charge < -0.3 is 9.88 Å². The molecule has 9 heteroatoms. The van der Waals surface area contributed by atoms with Crippen molar-refractivity contribution in [3.8, 4) is 22.5 Å². The molecule has 5 aromatic rings. The number of hydrogen-bond acceptors (Lipinski definition) is 5. The molecular formula is C28H22F2N6O. The highest BCUT2D eigenvalue weighted by atomic mass is 19.3. The molecule has 1 fully saturated rings. The first-order valence-electron chi connectivity index (χ1n) is 11.8. The third kappa shape index (κ3) is 4.29. The summed E-state index contributed by atoms with van der Waals surface area (Å²) in [5, 5.41) is 10.9. The van der Waals surface area contributed by atoms with E-state index >= 15 is 0 Å². The third-order valence-corrected chi connectivity index (χ3v) is 6.64. The van der Waals surface area contributed by atoms with Crippen LogP contribution >= 0.6 is 0 Å². The van der Waals surface area contributed by atoms with Crippen LogP contribution < -0.4 is 5.32 Å². The number of Topliss-reactive ketones (excluding diaryl/α,β-unsaturated/α-hetero) is 1. The molecule has 184 valence electrons. The molecule has 0 bridgehead atoms. The van der Waals surface area contributed by atoms with Gasteiger partial charge in [-0.2, -0.15) is 5.10 Å². The van der Waals surface area contributed by atoms with Gasteiger partial charge in [-0.05, 0) is 35.9 Å². The Morgan fingerprint density at radius 3 is 2.57 bits per heavy atom. The van der Waals surface area contributed by atoms with Crippen molar-refractivity contribution in [2.24, 2.45) is 5.92 Å². The maximum atomic E-state index is 13.3. The lowest BCUT2D eigenvalue weighted by Crippen LogP contribution is -2.40. The molecule has 0 amide bonds. The lowest BCUT2D eigenvalue weighted by Gasteiger charge is -2.33. The Labute approximate surface area is 210 Å². The van der Waals surface area contributed by atoms with Gasteiger partial charge in [0, 0.05) is 59.6 Å². The first kappa shape index (κ1) is 22.8. The number of halogens is 2. The van der Waals surface area contributed by atoms with Gasteiger partial charge in [-0.3, -0.25) is 9.89 Å². The van der Waals surface area contributed by atoms with Crippen molar-refractivity contribution in [3.63, 3.8) is 0 Å². The van der Waals surface area contributed by atoms with Crippen LogP contribution in [0, 0.1) is 5.92 Å². The molecule has 3 heterocycles. The standard InChI is InChI=1S/C28H22F2N6O/c1-2-36-23-12-19(4-3-18(23)11-24(36)26(37)20-13-28(29,30)14-20)27-31-10-9-25(35-27)34-22-7-5-17(6-8-22)21-15-32-33-16-21/h2-12,15-16,20H,1,13-14H2,(H,32,33)(H,31,34,35). The number of nitrogens with one attached hydrogen (secondary N) is 2. The van der Waals surface area contributed by atoms with Crippen LogP contribution in [0.4, 0.5) is 20.3 Å². The van der Waals surface area contributed by atoms with Gasteiger partial charge in [0.2, 0.25) is 5.92 Å². The number of carbonyl (C=O) groups is 1. The van der Waals surface area contributed by atoms with Crippen LogP contribution in [0.3, 0.4) is 0 Å². The minimum atomic E-state index is -2.75. The second-order valence-electron chi connectivity index (χ2n) is 9.14. The van der Waals surface area contributed by atoms with Crippen LogP contribution in [0.15, 0.2) is 79.8 Å². The molecule has 0 unspecified atom stereocenters. The molecule has 0 radical (unpaired) electrons. The van der Waals surface area contributed by atoms with Gasteiger partial charge in [-0.25, -0.2) is 18.7 Å². The average Bonchev–Trinajstić information content (AvgIpc) is 3.55. The zero-order valence-electron chi connectivity index (χ0n) is 19.7. The van der Waals surface area contributed by atoms with Gasteiger partial charge in [0.05, 0.1) is 17.4 Å². The second-order valence-corrected chi connectivity index (χ2v) is 9.14. The van der Waals surface area contributed by atoms with E-state index in [9.17, 15) is 13.6 Å². The van der Waals surface area contributed by atoms with E-state index in [0.29, 0.717) is 17.3 Å². The predicted molar refractivity (Wildman–Crippen MR) is 139 cm³/mol. The van der Waals surface area contributed by atoms with Crippen molar-refractivity contribution in [2.75, 3.05) is 5.32 Å². The van der Waals surface area contributed by atoms with E-state index in [2.05, 4.69) is 32.1 Å². The lowest BCUT2D eigenvalue weighted by molar-refractivity contribution is -0.0983. The summed E-state index contributed by atoms with van der Waals surface area (Å²) in [6.45, 7) is 3.83. The number of ketones is 1. The number of alkyl halides is 2. The van der Waals surface area contributed by atoms with Gasteiger partial charge >= 0.3 is 0 Å². The number of aromatic amines is 1. The summed E-state index contributed by atoms with van der Waals surface area (Å²) in [6.07, 6.45) is 5.99. The maximum absolute atomic E-state index is 13.3. The summed E-state index contributed by atoms with van der Waals surface area (Å²) in [7, 11) is 0. The van der Waals surface area contributed by atoms with E-state index in [1.165, 1.54) is 6.20 Å². The van der Waals surface area contributed by atoms with Gasteiger partial charge in [-0.15, -0.1) is 0 Å². The number of nitrogens with zero attached hydrogens (tertiary/aromatic N) is 4. The van der Waals surface area contributed by atoms with E-state index in [1.807, 2.05) is 48.7 Å². The minimum Gasteiger partial charge on any atom is -0.340 e. The van der Waals surface area contributed by atoms with E-state index in [-0.39, 0.29) is 5.78 Å². The average molecular weight is 497 g/mol. The number of carbonyl (C=O) groups excluding carboxylic acids is 1. The van der Waals surface area contributed by atoms with Crippen LogP contribution in [0.5, 0.6) is 0 Å². The number of hydrogen-bond donors (Lipinski definition) is 2. The summed E-state index contributed by atoms with van der Waals surface area (Å²) in [5.74, 6) is -2.58. The Morgan fingerprint density at radius 2 is 1.86 bits per heavy atom. The molecule has 1 aliphatic carbocycles. The van der Waals surface area contributed by atoms with Gasteiger partial charge in [0.15, 0.2) is 11.6 Å². The number of rotatable bonds is 7. The van der Waals surface area contributed by atoms with Crippen LogP contribution in [0.1, 0.15) is 23.3 Å². The van der Waals surface area contributed by atoms with E-state index in [4.69, 9.17) is 0 Å². The topological polar surface area (TPSA) is 88.5 Å². The molecule has 1 saturated carbocycles. The summed E-state index contributed by atoms with van der Waals surface area (Å²) >= 11 is 0. The van der Waals surface area contributed by atoms with Crippen molar-refractivity contribution in [3.05, 3.63) is 85.5 Å². The highest BCUT2D eigenvalue weighted by molar-refractivity contribution is 6.03. The number of fused-ring (bicyclic) bond motifs is 1. The van der Waals surface area contributed by atoms with Crippen LogP contribution in [-0.2, 0) is 0 Å². The molecule has 2 N–H and O–H groups in total. The van der Waals surface area contributed by atoms with Crippen LogP contribution in [0.25, 0.3) is 39.6 Å². The molecule has 3 aromatic heterocycles. The monoisotopic (exact) mass is 496 g/mol. The van der Waals surface area contributed by atoms with Crippen LogP contribution in [-0.4, -0.2) is 36.4 Å². The molecule has 37 heavy (non-hydrogen) atoms. The zero-order chi connectivity index (χ0) is 25.6. The fraction of sp³-hybridized carbons (Fsp3) is 0.143. The molecule has 2 aromatic carbocycles. The Balaban J connectivity index is 1.26. The van der Waals surface area contributed by atoms with Crippen molar-refractivity contribution < 1.29 is 13.6 Å². The highest BCUT2D eigenvalue weighted by Gasteiger charge is 2.49. The molecule has 6 rings (SSSR count). The summed E-state index contributed by atoms with van der Waals surface area (Å²) in [5.41, 5.74) is 4.77. The maximum Gasteiger partial charge on any atom is 0.249 e. The van der Waals surface area contributed by atoms with Gasteiger partial charge in [0.25, 0.3) is 0 Å². The molecule has 0 spiro atoms. The summed E-state index contributed by atoms with van der Waals surface area (Å²) in [6, 6.07) is 17.0. The number of H-pyrrole nitrogens is 1. The van der Waals surface area contributed by atoms with E-state index in [0.717, 1.165) is 33.3 Å². The van der Waals surface area contributed by atoms with Gasteiger partial charge in [0.1, 0.15) is 5.82 Å². The number of anilines is 2. The lowest BCUT2D eigenvalue weighted by atomic mass is 9.77. The predicted octanol–water partition coefficient (Wildman–Crippen LogP) is 6.56. The minimum absolute atomic E-state index is 0.287. The Hall–Kier alpha value is -4.66. The fourth-order valence-corrected chi connectivity index (χ4v) is 4.67. The quantitative estimate of drug-likeness (QED) is 0.249. The highest BCUT2D eigenvalue weighted by Crippen LogP contribution is 2.44. The normalized spacial score (nSPS) is 14.9. The Morgan fingerprint density at radius 1 is 1.08 bits per heavy atom. The molecule has 7 nitrogen and oxygen atoms in total. The largest absolute Gasteiger partial charge is 0.340 e. The first-order valence-corrected chi connectivity index (χ1v) is 11.8. The number of aromatic nitrogens is 5. The molecule has 1 aliphatic rings. The Bertz CT molecular complexity index is 1610.